The molecule has 0 amide bonds. The van der Waals surface area contributed by atoms with E-state index >= 15 is 0 Å². The highest BCUT2D eigenvalue weighted by Gasteiger charge is 2.15. The van der Waals surface area contributed by atoms with Crippen LogP contribution in [0.3, 0.4) is 0 Å². The molecule has 0 spiro atoms. The van der Waals surface area contributed by atoms with Crippen LogP contribution < -0.4 is 4.74 Å². The molecule has 6 heteroatoms. The van der Waals surface area contributed by atoms with Crippen molar-refractivity contribution in [2.75, 3.05) is 6.61 Å². The largest absolute Gasteiger partial charge is 0.493 e. The molecule has 0 saturated carbocycles. The van der Waals surface area contributed by atoms with Gasteiger partial charge in [-0.2, -0.15) is 5.10 Å². The van der Waals surface area contributed by atoms with Gasteiger partial charge in [-0.15, -0.1) is 0 Å². The van der Waals surface area contributed by atoms with Crippen molar-refractivity contribution in [1.82, 2.24) is 14.6 Å². The Labute approximate surface area is 127 Å². The lowest BCUT2D eigenvalue weighted by molar-refractivity contribution is 0.0695. The Kier molecular flexibility index (Phi) is 3.50. The number of aryl methyl sites for hydroxylation is 1. The van der Waals surface area contributed by atoms with Crippen LogP contribution in [0.4, 0.5) is 0 Å². The summed E-state index contributed by atoms with van der Waals surface area (Å²) < 4.78 is 7.16. The summed E-state index contributed by atoms with van der Waals surface area (Å²) in [5, 5.41) is 13.6. The summed E-state index contributed by atoms with van der Waals surface area (Å²) in [5.74, 6) is -0.275. The minimum atomic E-state index is -1.02. The first-order chi connectivity index (χ1) is 10.6. The molecule has 2 aromatic heterocycles. The minimum Gasteiger partial charge on any atom is -0.493 e. The second-order valence-corrected chi connectivity index (χ2v) is 4.79. The Morgan fingerprint density at radius 3 is 2.86 bits per heavy atom. The number of benzene rings is 1. The summed E-state index contributed by atoms with van der Waals surface area (Å²) in [6, 6.07) is 9.42. The summed E-state index contributed by atoms with van der Waals surface area (Å²) in [7, 11) is 0. The predicted molar refractivity (Wildman–Crippen MR) is 81.3 cm³/mol. The number of hydrogen-bond acceptors (Lipinski definition) is 4. The molecular weight excluding hydrogens is 282 g/mol. The Bertz CT molecular complexity index is 855. The third-order valence-electron chi connectivity index (χ3n) is 3.42. The van der Waals surface area contributed by atoms with Crippen LogP contribution in [-0.2, 0) is 0 Å². The molecule has 0 aliphatic rings. The highest BCUT2D eigenvalue weighted by atomic mass is 16.5. The first-order valence-corrected chi connectivity index (χ1v) is 6.92. The molecule has 112 valence electrons. The molecule has 6 nitrogen and oxygen atoms in total. The summed E-state index contributed by atoms with van der Waals surface area (Å²) in [6.07, 6.45) is 1.35. The first kappa shape index (κ1) is 14.1. The zero-order chi connectivity index (χ0) is 15.7. The number of ether oxygens (including phenoxy) is 1. The van der Waals surface area contributed by atoms with Crippen LogP contribution in [0.2, 0.25) is 0 Å². The number of aromatic nitrogens is 3. The van der Waals surface area contributed by atoms with Crippen LogP contribution in [0.1, 0.15) is 23.0 Å². The molecule has 3 aromatic rings. The fraction of sp³-hybridized carbons (Fsp3) is 0.188. The zero-order valence-electron chi connectivity index (χ0n) is 12.3. The van der Waals surface area contributed by atoms with Crippen LogP contribution in [-0.4, -0.2) is 32.3 Å². The van der Waals surface area contributed by atoms with Crippen molar-refractivity contribution in [1.29, 1.82) is 0 Å². The molecule has 0 aliphatic heterocycles. The average molecular weight is 297 g/mol. The van der Waals surface area contributed by atoms with E-state index in [1.807, 2.05) is 37.3 Å². The normalized spacial score (nSPS) is 10.8. The van der Waals surface area contributed by atoms with Crippen LogP contribution >= 0.6 is 0 Å². The molecule has 0 saturated heterocycles. The molecule has 22 heavy (non-hydrogen) atoms. The van der Waals surface area contributed by atoms with Gasteiger partial charge in [-0.1, -0.05) is 12.1 Å². The van der Waals surface area contributed by atoms with Crippen LogP contribution in [0.15, 0.2) is 36.5 Å². The van der Waals surface area contributed by atoms with Crippen LogP contribution in [0, 0.1) is 6.92 Å². The number of aromatic carboxylic acids is 1. The summed E-state index contributed by atoms with van der Waals surface area (Å²) >= 11 is 0. The Morgan fingerprint density at radius 1 is 1.36 bits per heavy atom. The number of carbonyl (C=O) groups is 1. The summed E-state index contributed by atoms with van der Waals surface area (Å²) in [4.78, 5) is 15.3. The molecule has 2 heterocycles. The van der Waals surface area contributed by atoms with Gasteiger partial charge in [0, 0.05) is 17.8 Å². The second kappa shape index (κ2) is 5.48. The zero-order valence-corrected chi connectivity index (χ0v) is 12.3. The van der Waals surface area contributed by atoms with Crippen molar-refractivity contribution in [2.45, 2.75) is 13.8 Å². The quantitative estimate of drug-likeness (QED) is 0.801. The van der Waals surface area contributed by atoms with E-state index in [2.05, 4.69) is 10.1 Å². The van der Waals surface area contributed by atoms with Gasteiger partial charge < -0.3 is 9.84 Å². The SMILES string of the molecule is CCOc1ccccc1-c1cc2ncc(C(=O)O)c(C)n2n1. The number of carboxylic acids is 1. The van der Waals surface area contributed by atoms with E-state index in [1.54, 1.807) is 11.4 Å². The summed E-state index contributed by atoms with van der Waals surface area (Å²) in [5.41, 5.74) is 2.83. The molecule has 1 aromatic carbocycles. The summed E-state index contributed by atoms with van der Waals surface area (Å²) in [6.45, 7) is 4.19. The number of para-hydroxylation sites is 1. The molecule has 3 rings (SSSR count). The standard InChI is InChI=1S/C16H15N3O3/c1-3-22-14-7-5-4-6-11(14)13-8-15-17-9-12(16(20)21)10(2)19(15)18-13/h4-9H,3H2,1-2H3,(H,20,21). The molecule has 0 bridgehead atoms. The predicted octanol–water partition coefficient (Wildman–Crippen LogP) is 2.80. The van der Waals surface area contributed by atoms with Gasteiger partial charge in [0.1, 0.15) is 5.75 Å². The van der Waals surface area contributed by atoms with Gasteiger partial charge in [0.2, 0.25) is 0 Å². The van der Waals surface area contributed by atoms with Crippen LogP contribution in [0.5, 0.6) is 5.75 Å². The molecule has 0 fully saturated rings. The number of rotatable bonds is 4. The Morgan fingerprint density at radius 2 is 2.14 bits per heavy atom. The van der Waals surface area contributed by atoms with Gasteiger partial charge in [0.05, 0.1) is 23.6 Å². The third kappa shape index (κ3) is 2.28. The van der Waals surface area contributed by atoms with Crippen LogP contribution in [0.25, 0.3) is 16.9 Å². The highest BCUT2D eigenvalue weighted by molar-refractivity contribution is 5.88. The number of nitrogens with zero attached hydrogens (tertiary/aromatic N) is 3. The van der Waals surface area contributed by atoms with E-state index < -0.39 is 5.97 Å². The Balaban J connectivity index is 2.17. The van der Waals surface area contributed by atoms with Gasteiger partial charge in [-0.05, 0) is 26.0 Å². The van der Waals surface area contributed by atoms with Gasteiger partial charge in [-0.25, -0.2) is 14.3 Å². The topological polar surface area (TPSA) is 76.7 Å². The Hall–Kier alpha value is -2.89. The molecule has 0 unspecified atom stereocenters. The molecular formula is C16H15N3O3. The van der Waals surface area contributed by atoms with E-state index in [0.717, 1.165) is 11.3 Å². The van der Waals surface area contributed by atoms with E-state index in [1.165, 1.54) is 6.20 Å². The maximum atomic E-state index is 11.2. The van der Waals surface area contributed by atoms with Crippen molar-refractivity contribution < 1.29 is 14.6 Å². The van der Waals surface area contributed by atoms with E-state index in [4.69, 9.17) is 9.84 Å². The monoisotopic (exact) mass is 297 g/mol. The fourth-order valence-corrected chi connectivity index (χ4v) is 2.35. The lowest BCUT2D eigenvalue weighted by atomic mass is 10.1. The van der Waals surface area contributed by atoms with Crippen molar-refractivity contribution in [3.63, 3.8) is 0 Å². The molecule has 0 aliphatic carbocycles. The highest BCUT2D eigenvalue weighted by Crippen LogP contribution is 2.29. The maximum Gasteiger partial charge on any atom is 0.339 e. The number of carboxylic acid groups (broad SMARTS) is 1. The van der Waals surface area contributed by atoms with Crippen molar-refractivity contribution >= 4 is 11.6 Å². The number of hydrogen-bond donors (Lipinski definition) is 1. The van der Waals surface area contributed by atoms with Gasteiger partial charge in [-0.3, -0.25) is 0 Å². The molecule has 1 N–H and O–H groups in total. The van der Waals surface area contributed by atoms with E-state index in [0.29, 0.717) is 23.6 Å². The van der Waals surface area contributed by atoms with Gasteiger partial charge in [0.15, 0.2) is 5.65 Å². The third-order valence-corrected chi connectivity index (χ3v) is 3.42. The number of fused-ring (bicyclic) bond motifs is 1. The lowest BCUT2D eigenvalue weighted by Gasteiger charge is -2.07. The van der Waals surface area contributed by atoms with Crippen molar-refractivity contribution in [3.8, 4) is 17.0 Å². The van der Waals surface area contributed by atoms with Crippen molar-refractivity contribution in [3.05, 3.63) is 47.8 Å². The molecule has 0 atom stereocenters. The van der Waals surface area contributed by atoms with Gasteiger partial charge in [0.25, 0.3) is 0 Å². The smallest absolute Gasteiger partial charge is 0.339 e. The fourth-order valence-electron chi connectivity index (χ4n) is 2.35. The first-order valence-electron chi connectivity index (χ1n) is 6.92. The van der Waals surface area contributed by atoms with E-state index in [-0.39, 0.29) is 5.56 Å². The maximum absolute atomic E-state index is 11.2. The van der Waals surface area contributed by atoms with E-state index in [9.17, 15) is 4.79 Å². The average Bonchev–Trinajstić information content (AvgIpc) is 2.93. The van der Waals surface area contributed by atoms with Gasteiger partial charge >= 0.3 is 5.97 Å². The minimum absolute atomic E-state index is 0.139. The molecule has 0 radical (unpaired) electrons. The lowest BCUT2D eigenvalue weighted by Crippen LogP contribution is -2.06. The second-order valence-electron chi connectivity index (χ2n) is 4.79. The van der Waals surface area contributed by atoms with Crippen molar-refractivity contribution in [2.24, 2.45) is 0 Å².